The average Bonchev–Trinajstić information content (AvgIpc) is 3.49. The van der Waals surface area contributed by atoms with Crippen molar-refractivity contribution in [1.29, 1.82) is 5.26 Å². The van der Waals surface area contributed by atoms with Crippen molar-refractivity contribution in [2.24, 2.45) is 0 Å². The van der Waals surface area contributed by atoms with Gasteiger partial charge in [-0.2, -0.15) is 5.26 Å². The van der Waals surface area contributed by atoms with Crippen LogP contribution in [0.4, 0.5) is 0 Å². The van der Waals surface area contributed by atoms with Gasteiger partial charge in [0.2, 0.25) is 5.91 Å². The number of nitriles is 1. The van der Waals surface area contributed by atoms with Gasteiger partial charge in [-0.15, -0.1) is 16.4 Å². The Bertz CT molecular complexity index is 1140. The highest BCUT2D eigenvalue weighted by Crippen LogP contribution is 2.33. The summed E-state index contributed by atoms with van der Waals surface area (Å²) in [5, 5.41) is 22.4. The van der Waals surface area contributed by atoms with Gasteiger partial charge >= 0.3 is 0 Å². The first kappa shape index (κ1) is 20.8. The number of piperazine rings is 1. The third-order valence-corrected chi connectivity index (χ3v) is 7.28. The van der Waals surface area contributed by atoms with Crippen LogP contribution in [-0.4, -0.2) is 74.7 Å². The number of ether oxygens (including phenoxy) is 1. The maximum Gasteiger partial charge on any atom is 0.227 e. The predicted octanol–water partition coefficient (Wildman–Crippen LogP) is 1.73. The fourth-order valence-corrected chi connectivity index (χ4v) is 5.31. The molecular formula is C22H23N7O2S. The second-order valence-corrected chi connectivity index (χ2v) is 9.04. The number of tetrazole rings is 1. The highest BCUT2D eigenvalue weighted by Gasteiger charge is 2.36. The van der Waals surface area contributed by atoms with Crippen LogP contribution >= 0.6 is 11.3 Å². The van der Waals surface area contributed by atoms with E-state index in [-0.39, 0.29) is 18.1 Å². The van der Waals surface area contributed by atoms with Crippen LogP contribution in [0, 0.1) is 18.3 Å². The molecule has 0 bridgehead atoms. The molecule has 3 aromatic rings. The number of aromatic nitrogens is 4. The first-order chi connectivity index (χ1) is 15.6. The summed E-state index contributed by atoms with van der Waals surface area (Å²) >= 11 is 1.48. The first-order valence-corrected chi connectivity index (χ1v) is 11.4. The zero-order valence-electron chi connectivity index (χ0n) is 17.7. The van der Waals surface area contributed by atoms with Gasteiger partial charge in [0.05, 0.1) is 30.9 Å². The summed E-state index contributed by atoms with van der Waals surface area (Å²) in [6.07, 6.45) is 1.90. The molecule has 2 saturated heterocycles. The van der Waals surface area contributed by atoms with Crippen LogP contribution in [-0.2, 0) is 16.0 Å². The van der Waals surface area contributed by atoms with Crippen LogP contribution in [0.3, 0.4) is 0 Å². The molecule has 32 heavy (non-hydrogen) atoms. The quantitative estimate of drug-likeness (QED) is 0.598. The van der Waals surface area contributed by atoms with Crippen molar-refractivity contribution < 1.29 is 9.53 Å². The number of hydrogen-bond acceptors (Lipinski definition) is 8. The van der Waals surface area contributed by atoms with Crippen molar-refractivity contribution in [3.05, 3.63) is 57.5 Å². The summed E-state index contributed by atoms with van der Waals surface area (Å²) in [5.74, 6) is 0.134. The van der Waals surface area contributed by atoms with Crippen molar-refractivity contribution in [2.45, 2.75) is 25.5 Å². The standard InChI is InChI=1S/C22H23N7O2S/c1-15-19(13-32-21(15)9-23)20-11-27-6-7-28(10-18(27)12-31-20)22(30)8-16-2-4-17(5-3-16)29-14-24-25-26-29/h2-5,13-14,18,20H,6-8,10-12H2,1H3. The van der Waals surface area contributed by atoms with E-state index in [1.807, 2.05) is 41.5 Å². The number of benzene rings is 1. The Morgan fingerprint density at radius 3 is 2.84 bits per heavy atom. The number of thiophene rings is 1. The monoisotopic (exact) mass is 449 g/mol. The number of rotatable bonds is 4. The Morgan fingerprint density at radius 1 is 1.28 bits per heavy atom. The molecule has 10 heteroatoms. The molecule has 9 nitrogen and oxygen atoms in total. The molecule has 2 aliphatic heterocycles. The zero-order valence-corrected chi connectivity index (χ0v) is 18.5. The predicted molar refractivity (Wildman–Crippen MR) is 117 cm³/mol. The van der Waals surface area contributed by atoms with Gasteiger partial charge in [0.25, 0.3) is 0 Å². The van der Waals surface area contributed by atoms with Crippen LogP contribution in [0.25, 0.3) is 5.69 Å². The number of amides is 1. The van der Waals surface area contributed by atoms with Crippen molar-refractivity contribution >= 4 is 17.2 Å². The number of morpholine rings is 1. The molecule has 1 amide bonds. The molecular weight excluding hydrogens is 426 g/mol. The Balaban J connectivity index is 1.17. The van der Waals surface area contributed by atoms with Gasteiger partial charge in [0.1, 0.15) is 17.3 Å². The van der Waals surface area contributed by atoms with Gasteiger partial charge in [0, 0.05) is 26.2 Å². The molecule has 1 aromatic carbocycles. The van der Waals surface area contributed by atoms with Crippen LogP contribution in [0.2, 0.25) is 0 Å². The van der Waals surface area contributed by atoms with E-state index in [0.717, 1.165) is 46.9 Å². The van der Waals surface area contributed by atoms with Crippen molar-refractivity contribution in [1.82, 2.24) is 30.0 Å². The zero-order chi connectivity index (χ0) is 22.1. The molecule has 0 N–H and O–H groups in total. The number of carbonyl (C=O) groups is 1. The minimum Gasteiger partial charge on any atom is -0.370 e. The maximum absolute atomic E-state index is 12.9. The lowest BCUT2D eigenvalue weighted by atomic mass is 10.0. The Morgan fingerprint density at radius 2 is 2.12 bits per heavy atom. The van der Waals surface area contributed by atoms with Crippen LogP contribution < -0.4 is 0 Å². The third kappa shape index (κ3) is 4.02. The summed E-state index contributed by atoms with van der Waals surface area (Å²) in [5.41, 5.74) is 3.97. The van der Waals surface area contributed by atoms with Crippen molar-refractivity contribution in [3.8, 4) is 11.8 Å². The van der Waals surface area contributed by atoms with E-state index < -0.39 is 0 Å². The Labute approximate surface area is 189 Å². The second kappa shape index (κ2) is 8.78. The van der Waals surface area contributed by atoms with Gasteiger partial charge in [-0.1, -0.05) is 12.1 Å². The Kier molecular flexibility index (Phi) is 5.70. The molecule has 5 rings (SSSR count). The van der Waals surface area contributed by atoms with Gasteiger partial charge in [-0.25, -0.2) is 4.68 Å². The molecule has 0 aliphatic carbocycles. The lowest BCUT2D eigenvalue weighted by molar-refractivity contribution is -0.139. The fourth-order valence-electron chi connectivity index (χ4n) is 4.39. The molecule has 0 spiro atoms. The molecule has 4 heterocycles. The van der Waals surface area contributed by atoms with Crippen LogP contribution in [0.1, 0.15) is 27.7 Å². The maximum atomic E-state index is 12.9. The lowest BCUT2D eigenvalue weighted by Crippen LogP contribution is -2.59. The van der Waals surface area contributed by atoms with Gasteiger partial charge in [-0.3, -0.25) is 9.69 Å². The summed E-state index contributed by atoms with van der Waals surface area (Å²) in [6, 6.07) is 10.2. The molecule has 2 unspecified atom stereocenters. The molecule has 164 valence electrons. The molecule has 0 saturated carbocycles. The highest BCUT2D eigenvalue weighted by atomic mass is 32.1. The average molecular weight is 450 g/mol. The summed E-state index contributed by atoms with van der Waals surface area (Å²) in [4.78, 5) is 18.0. The van der Waals surface area contributed by atoms with Crippen LogP contribution in [0.15, 0.2) is 36.0 Å². The van der Waals surface area contributed by atoms with Gasteiger partial charge in [0.15, 0.2) is 0 Å². The minimum atomic E-state index is -0.00875. The third-order valence-electron chi connectivity index (χ3n) is 6.28. The van der Waals surface area contributed by atoms with E-state index >= 15 is 0 Å². The molecule has 2 aliphatic rings. The topological polar surface area (TPSA) is 100 Å². The number of nitrogens with zero attached hydrogens (tertiary/aromatic N) is 7. The Hall–Kier alpha value is -3.13. The SMILES string of the molecule is Cc1c(C2CN3CCN(C(=O)Cc4ccc(-n5cnnn5)cc4)CC3CO2)csc1C#N. The fraction of sp³-hybridized carbons (Fsp3) is 0.409. The van der Waals surface area contributed by atoms with E-state index in [1.165, 1.54) is 11.3 Å². The van der Waals surface area contributed by atoms with Crippen molar-refractivity contribution in [3.63, 3.8) is 0 Å². The largest absolute Gasteiger partial charge is 0.370 e. The van der Waals surface area contributed by atoms with Crippen molar-refractivity contribution in [2.75, 3.05) is 32.8 Å². The normalized spacial score (nSPS) is 21.2. The first-order valence-electron chi connectivity index (χ1n) is 10.6. The number of hydrogen-bond donors (Lipinski definition) is 0. The lowest BCUT2D eigenvalue weighted by Gasteiger charge is -2.46. The van der Waals surface area contributed by atoms with Crippen LogP contribution in [0.5, 0.6) is 0 Å². The summed E-state index contributed by atoms with van der Waals surface area (Å²) in [6.45, 7) is 5.62. The highest BCUT2D eigenvalue weighted by molar-refractivity contribution is 7.10. The molecule has 2 fully saturated rings. The van der Waals surface area contributed by atoms with E-state index in [2.05, 4.69) is 26.5 Å². The summed E-state index contributed by atoms with van der Waals surface area (Å²) in [7, 11) is 0. The van der Waals surface area contributed by atoms with E-state index in [4.69, 9.17) is 4.74 Å². The second-order valence-electron chi connectivity index (χ2n) is 8.17. The number of carbonyl (C=O) groups excluding carboxylic acids is 1. The smallest absolute Gasteiger partial charge is 0.227 e. The van der Waals surface area contributed by atoms with E-state index in [0.29, 0.717) is 19.6 Å². The van der Waals surface area contributed by atoms with Gasteiger partial charge in [-0.05, 0) is 51.6 Å². The van der Waals surface area contributed by atoms with Gasteiger partial charge < -0.3 is 9.64 Å². The molecule has 2 aromatic heterocycles. The number of fused-ring (bicyclic) bond motifs is 1. The summed E-state index contributed by atoms with van der Waals surface area (Å²) < 4.78 is 7.75. The van der Waals surface area contributed by atoms with E-state index in [1.54, 1.807) is 11.0 Å². The molecule has 2 atom stereocenters. The van der Waals surface area contributed by atoms with E-state index in [9.17, 15) is 10.1 Å². The molecule has 0 radical (unpaired) electrons. The minimum absolute atomic E-state index is 0.00875.